The lowest BCUT2D eigenvalue weighted by Gasteiger charge is -2.31. The van der Waals surface area contributed by atoms with Gasteiger partial charge in [0.05, 0.1) is 18.2 Å². The van der Waals surface area contributed by atoms with Crippen molar-refractivity contribution in [1.29, 1.82) is 5.26 Å². The number of fused-ring (bicyclic) bond motifs is 1. The largest absolute Gasteiger partial charge is 0.486 e. The van der Waals surface area contributed by atoms with E-state index in [-0.39, 0.29) is 25.1 Å². The van der Waals surface area contributed by atoms with Crippen LogP contribution < -0.4 is 14.8 Å². The van der Waals surface area contributed by atoms with Crippen molar-refractivity contribution in [1.82, 2.24) is 15.1 Å². The van der Waals surface area contributed by atoms with Crippen LogP contribution in [-0.2, 0) is 15.1 Å². The summed E-state index contributed by atoms with van der Waals surface area (Å²) in [5, 5.41) is 11.7. The minimum Gasteiger partial charge on any atom is -0.486 e. The zero-order valence-corrected chi connectivity index (χ0v) is 18.4. The number of likely N-dealkylation sites (N-methyl/N-ethyl adjacent to an activating group) is 1. The van der Waals surface area contributed by atoms with Crippen molar-refractivity contribution >= 4 is 17.8 Å². The van der Waals surface area contributed by atoms with Crippen molar-refractivity contribution in [2.75, 3.05) is 26.2 Å². The van der Waals surface area contributed by atoms with Gasteiger partial charge in [-0.25, -0.2) is 4.79 Å². The summed E-state index contributed by atoms with van der Waals surface area (Å²) in [6, 6.07) is 15.1. The van der Waals surface area contributed by atoms with Crippen LogP contribution in [0.4, 0.5) is 4.79 Å². The number of nitrogens with zero attached hydrogens (tertiary/aromatic N) is 3. The van der Waals surface area contributed by atoms with Crippen molar-refractivity contribution in [3.8, 4) is 17.6 Å². The topological polar surface area (TPSA) is 112 Å². The van der Waals surface area contributed by atoms with Crippen LogP contribution in [0.3, 0.4) is 0 Å². The lowest BCUT2D eigenvalue weighted by atomic mass is 9.91. The van der Waals surface area contributed by atoms with E-state index in [0.717, 1.165) is 4.90 Å². The van der Waals surface area contributed by atoms with Gasteiger partial charge in [0.2, 0.25) is 5.91 Å². The monoisotopic (exact) mass is 448 g/mol. The molecule has 1 N–H and O–H groups in total. The highest BCUT2D eigenvalue weighted by molar-refractivity contribution is 6.09. The van der Waals surface area contributed by atoms with Gasteiger partial charge < -0.3 is 19.7 Å². The number of amides is 4. The van der Waals surface area contributed by atoms with Crippen molar-refractivity contribution < 1.29 is 23.9 Å². The van der Waals surface area contributed by atoms with Crippen LogP contribution in [0.25, 0.3) is 0 Å². The Hall–Kier alpha value is -4.06. The van der Waals surface area contributed by atoms with Gasteiger partial charge in [-0.05, 0) is 43.7 Å². The summed E-state index contributed by atoms with van der Waals surface area (Å²) in [6.07, 6.45) is -0.365. The van der Waals surface area contributed by atoms with E-state index in [1.54, 1.807) is 42.2 Å². The van der Waals surface area contributed by atoms with Crippen LogP contribution in [0, 0.1) is 11.3 Å². The number of hydrogen-bond donors (Lipinski definition) is 1. The standard InChI is InChI=1S/C24H24N4O5/c1-3-27(13-18-15-32-19-6-4-5-7-20(19)33-18)21(29)14-28-22(30)24(2,26-23(28)31)17-10-8-16(12-25)9-11-17/h4-11,18H,3,13-15H2,1-2H3,(H,26,31). The molecule has 2 aromatic rings. The average Bonchev–Trinajstić information content (AvgIpc) is 3.06. The van der Waals surface area contributed by atoms with E-state index in [4.69, 9.17) is 14.7 Å². The van der Waals surface area contributed by atoms with Gasteiger partial charge in [0.1, 0.15) is 18.7 Å². The smallest absolute Gasteiger partial charge is 0.325 e. The highest BCUT2D eigenvalue weighted by atomic mass is 16.6. The van der Waals surface area contributed by atoms with E-state index in [1.165, 1.54) is 0 Å². The Morgan fingerprint density at radius 2 is 1.91 bits per heavy atom. The van der Waals surface area contributed by atoms with Gasteiger partial charge in [-0.15, -0.1) is 0 Å². The van der Waals surface area contributed by atoms with Gasteiger partial charge in [-0.3, -0.25) is 14.5 Å². The number of carbonyl (C=O) groups excluding carboxylic acids is 3. The maximum absolute atomic E-state index is 13.1. The van der Waals surface area contributed by atoms with Crippen LogP contribution in [0.5, 0.6) is 11.5 Å². The van der Waals surface area contributed by atoms with Crippen LogP contribution in [0.2, 0.25) is 0 Å². The summed E-state index contributed by atoms with van der Waals surface area (Å²) >= 11 is 0. The van der Waals surface area contributed by atoms with Crippen LogP contribution >= 0.6 is 0 Å². The highest BCUT2D eigenvalue weighted by Gasteiger charge is 2.49. The van der Waals surface area contributed by atoms with Gasteiger partial charge in [0, 0.05) is 6.54 Å². The second-order valence-electron chi connectivity index (χ2n) is 8.07. The zero-order valence-electron chi connectivity index (χ0n) is 18.4. The lowest BCUT2D eigenvalue weighted by Crippen LogP contribution is -2.48. The van der Waals surface area contributed by atoms with Gasteiger partial charge >= 0.3 is 6.03 Å². The Bertz CT molecular complexity index is 1130. The van der Waals surface area contributed by atoms with Gasteiger partial charge in [-0.2, -0.15) is 5.26 Å². The molecular formula is C24H24N4O5. The summed E-state index contributed by atoms with van der Waals surface area (Å²) in [5.41, 5.74) is -0.332. The number of urea groups is 1. The first kappa shape index (κ1) is 22.1. The van der Waals surface area contributed by atoms with Crippen molar-refractivity contribution in [2.45, 2.75) is 25.5 Å². The molecule has 0 bridgehead atoms. The predicted octanol–water partition coefficient (Wildman–Crippen LogP) is 2.01. The summed E-state index contributed by atoms with van der Waals surface area (Å²) in [7, 11) is 0. The van der Waals surface area contributed by atoms with Gasteiger partial charge in [0.25, 0.3) is 5.91 Å². The van der Waals surface area contributed by atoms with E-state index in [2.05, 4.69) is 5.32 Å². The number of imide groups is 1. The average molecular weight is 448 g/mol. The molecule has 0 spiro atoms. The van der Waals surface area contributed by atoms with Crippen LogP contribution in [0.15, 0.2) is 48.5 Å². The molecule has 2 aliphatic rings. The molecule has 2 atom stereocenters. The fourth-order valence-corrected chi connectivity index (χ4v) is 3.96. The molecule has 2 heterocycles. The van der Waals surface area contributed by atoms with Crippen molar-refractivity contribution in [3.63, 3.8) is 0 Å². The second kappa shape index (κ2) is 8.82. The number of hydrogen-bond acceptors (Lipinski definition) is 6. The number of para-hydroxylation sites is 2. The fraction of sp³-hybridized carbons (Fsp3) is 0.333. The first-order valence-electron chi connectivity index (χ1n) is 10.7. The third kappa shape index (κ3) is 4.20. The fourth-order valence-electron chi connectivity index (χ4n) is 3.96. The Kier molecular flexibility index (Phi) is 5.92. The number of carbonyl (C=O) groups is 3. The Balaban J connectivity index is 1.43. The number of ether oxygens (including phenoxy) is 2. The van der Waals surface area contributed by atoms with E-state index in [9.17, 15) is 14.4 Å². The molecule has 0 radical (unpaired) electrons. The molecule has 0 aromatic heterocycles. The van der Waals surface area contributed by atoms with E-state index >= 15 is 0 Å². The lowest BCUT2D eigenvalue weighted by molar-refractivity contribution is -0.139. The van der Waals surface area contributed by atoms with Crippen LogP contribution in [-0.4, -0.2) is 60.0 Å². The minimum absolute atomic E-state index is 0.264. The van der Waals surface area contributed by atoms with Crippen LogP contribution in [0.1, 0.15) is 25.0 Å². The van der Waals surface area contributed by atoms with E-state index in [1.807, 2.05) is 31.2 Å². The third-order valence-electron chi connectivity index (χ3n) is 5.89. The number of rotatable bonds is 6. The SMILES string of the molecule is CCN(CC1COc2ccccc2O1)C(=O)CN1C(=O)NC(C)(c2ccc(C#N)cc2)C1=O. The van der Waals surface area contributed by atoms with Crippen molar-refractivity contribution in [2.24, 2.45) is 0 Å². The maximum Gasteiger partial charge on any atom is 0.325 e. The molecule has 2 aliphatic heterocycles. The molecule has 9 nitrogen and oxygen atoms in total. The van der Waals surface area contributed by atoms with Gasteiger partial charge in [0.15, 0.2) is 17.6 Å². The number of nitrogens with one attached hydrogen (secondary N) is 1. The zero-order chi connectivity index (χ0) is 23.6. The molecule has 2 unspecified atom stereocenters. The normalized spacial score (nSPS) is 21.4. The molecule has 1 saturated heterocycles. The molecule has 0 aliphatic carbocycles. The highest BCUT2D eigenvalue weighted by Crippen LogP contribution is 2.31. The molecule has 0 saturated carbocycles. The maximum atomic E-state index is 13.1. The number of benzene rings is 2. The first-order chi connectivity index (χ1) is 15.9. The minimum atomic E-state index is -1.31. The summed E-state index contributed by atoms with van der Waals surface area (Å²) < 4.78 is 11.6. The van der Waals surface area contributed by atoms with Gasteiger partial charge in [-0.1, -0.05) is 24.3 Å². The third-order valence-corrected chi connectivity index (χ3v) is 5.89. The number of nitriles is 1. The molecule has 170 valence electrons. The molecule has 33 heavy (non-hydrogen) atoms. The predicted molar refractivity (Wildman–Crippen MR) is 117 cm³/mol. The Morgan fingerprint density at radius 3 is 2.58 bits per heavy atom. The quantitative estimate of drug-likeness (QED) is 0.677. The van der Waals surface area contributed by atoms with E-state index in [0.29, 0.717) is 35.8 Å². The molecule has 4 amide bonds. The Morgan fingerprint density at radius 1 is 1.21 bits per heavy atom. The van der Waals surface area contributed by atoms with Crippen molar-refractivity contribution in [3.05, 3.63) is 59.7 Å². The molecular weight excluding hydrogens is 424 g/mol. The molecule has 9 heteroatoms. The first-order valence-corrected chi connectivity index (χ1v) is 10.7. The Labute approximate surface area is 191 Å². The summed E-state index contributed by atoms with van der Waals surface area (Å²) in [4.78, 5) is 41.2. The molecule has 2 aromatic carbocycles. The molecule has 1 fully saturated rings. The molecule has 4 rings (SSSR count). The summed E-state index contributed by atoms with van der Waals surface area (Å²) in [6.45, 7) is 3.97. The summed E-state index contributed by atoms with van der Waals surface area (Å²) in [5.74, 6) is 0.384. The second-order valence-corrected chi connectivity index (χ2v) is 8.07. The van der Waals surface area contributed by atoms with E-state index < -0.39 is 17.5 Å².